The van der Waals surface area contributed by atoms with Crippen LogP contribution in [0.15, 0.2) is 24.4 Å². The van der Waals surface area contributed by atoms with Crippen LogP contribution in [-0.2, 0) is 11.3 Å². The largest absolute Gasteiger partial charge is 0.378 e. The summed E-state index contributed by atoms with van der Waals surface area (Å²) in [7, 11) is 0. The molecule has 0 bridgehead atoms. The van der Waals surface area contributed by atoms with Gasteiger partial charge in [-0.15, -0.1) is 11.3 Å². The number of morpholine rings is 1. The average molecular weight is 344 g/mol. The van der Waals surface area contributed by atoms with Gasteiger partial charge in [-0.2, -0.15) is 0 Å². The second-order valence-corrected chi connectivity index (χ2v) is 6.83. The Kier molecular flexibility index (Phi) is 4.85. The Bertz CT molecular complexity index is 614. The monoisotopic (exact) mass is 343 g/mol. The molecule has 1 saturated heterocycles. The second-order valence-electron chi connectivity index (χ2n) is 4.69. The highest BCUT2D eigenvalue weighted by Crippen LogP contribution is 2.30. The van der Waals surface area contributed by atoms with E-state index in [9.17, 15) is 0 Å². The van der Waals surface area contributed by atoms with E-state index in [0.29, 0.717) is 11.0 Å². The van der Waals surface area contributed by atoms with Gasteiger partial charge in [0.15, 0.2) is 4.47 Å². The minimum Gasteiger partial charge on any atom is -0.378 e. The van der Waals surface area contributed by atoms with E-state index in [2.05, 4.69) is 21.3 Å². The molecule has 112 valence electrons. The maximum atomic E-state index is 6.13. The Morgan fingerprint density at radius 3 is 2.81 bits per heavy atom. The first-order chi connectivity index (χ1) is 10.2. The van der Waals surface area contributed by atoms with Crippen molar-refractivity contribution >= 4 is 45.9 Å². The molecule has 0 saturated carbocycles. The first-order valence-corrected chi connectivity index (χ1v) is 8.26. The van der Waals surface area contributed by atoms with Crippen LogP contribution in [0.3, 0.4) is 0 Å². The van der Waals surface area contributed by atoms with E-state index in [-0.39, 0.29) is 0 Å². The Hall–Kier alpha value is -1.01. The molecule has 7 heteroatoms. The minimum atomic E-state index is 0.561. The summed E-state index contributed by atoms with van der Waals surface area (Å²) in [6, 6.07) is 5.92. The molecule has 0 aliphatic carbocycles. The summed E-state index contributed by atoms with van der Waals surface area (Å²) >= 11 is 13.5. The smallest absolute Gasteiger partial charge is 0.183 e. The molecule has 0 amide bonds. The summed E-state index contributed by atoms with van der Waals surface area (Å²) in [6.45, 7) is 3.98. The van der Waals surface area contributed by atoms with E-state index in [1.54, 1.807) is 6.20 Å². The molecule has 21 heavy (non-hydrogen) atoms. The van der Waals surface area contributed by atoms with Crippen LogP contribution in [0.4, 0.5) is 11.4 Å². The summed E-state index contributed by atoms with van der Waals surface area (Å²) in [5, 5.41) is 4.15. The van der Waals surface area contributed by atoms with Gasteiger partial charge in [0.25, 0.3) is 0 Å². The van der Waals surface area contributed by atoms with Crippen LogP contribution in [0.1, 0.15) is 4.88 Å². The molecule has 3 rings (SSSR count). The molecule has 2 aromatic rings. The van der Waals surface area contributed by atoms with Gasteiger partial charge < -0.3 is 15.0 Å². The summed E-state index contributed by atoms with van der Waals surface area (Å²) in [4.78, 5) is 7.45. The molecule has 1 aromatic heterocycles. The molecule has 1 N–H and O–H groups in total. The lowest BCUT2D eigenvalue weighted by Gasteiger charge is -2.30. The molecule has 1 fully saturated rings. The van der Waals surface area contributed by atoms with Crippen LogP contribution in [0.2, 0.25) is 9.49 Å². The van der Waals surface area contributed by atoms with Crippen LogP contribution in [0.25, 0.3) is 0 Å². The van der Waals surface area contributed by atoms with Crippen LogP contribution >= 0.6 is 34.5 Å². The number of rotatable bonds is 4. The highest BCUT2D eigenvalue weighted by atomic mass is 35.5. The third-order valence-corrected chi connectivity index (χ3v) is 4.64. The quantitative estimate of drug-likeness (QED) is 0.913. The molecular formula is C14H15Cl2N3OS. The Balaban J connectivity index is 1.77. The zero-order valence-electron chi connectivity index (χ0n) is 11.3. The molecule has 1 aliphatic rings. The van der Waals surface area contributed by atoms with Crippen molar-refractivity contribution in [1.82, 2.24) is 4.98 Å². The molecule has 0 unspecified atom stereocenters. The van der Waals surface area contributed by atoms with Crippen molar-refractivity contribution in [3.05, 3.63) is 38.8 Å². The number of hydrogen-bond donors (Lipinski definition) is 1. The van der Waals surface area contributed by atoms with E-state index >= 15 is 0 Å². The van der Waals surface area contributed by atoms with E-state index in [1.807, 2.05) is 12.1 Å². The minimum absolute atomic E-state index is 0.561. The first-order valence-electron chi connectivity index (χ1n) is 6.69. The van der Waals surface area contributed by atoms with Gasteiger partial charge in [-0.3, -0.25) is 0 Å². The van der Waals surface area contributed by atoms with Gasteiger partial charge in [0.1, 0.15) is 0 Å². The van der Waals surface area contributed by atoms with Gasteiger partial charge in [0.2, 0.25) is 0 Å². The molecule has 0 radical (unpaired) electrons. The van der Waals surface area contributed by atoms with Gasteiger partial charge in [-0.25, -0.2) is 4.98 Å². The van der Waals surface area contributed by atoms with Gasteiger partial charge in [0, 0.05) is 29.2 Å². The van der Waals surface area contributed by atoms with Crippen molar-refractivity contribution in [2.75, 3.05) is 36.5 Å². The lowest BCUT2D eigenvalue weighted by Crippen LogP contribution is -2.36. The molecule has 1 aliphatic heterocycles. The van der Waals surface area contributed by atoms with Gasteiger partial charge in [0.05, 0.1) is 31.1 Å². The van der Waals surface area contributed by atoms with E-state index in [4.69, 9.17) is 27.9 Å². The van der Waals surface area contributed by atoms with Crippen LogP contribution < -0.4 is 10.2 Å². The maximum Gasteiger partial charge on any atom is 0.183 e. The van der Waals surface area contributed by atoms with E-state index < -0.39 is 0 Å². The average Bonchev–Trinajstić information content (AvgIpc) is 2.92. The van der Waals surface area contributed by atoms with Gasteiger partial charge in [-0.05, 0) is 18.2 Å². The Labute approximate surface area is 137 Å². The number of thiazole rings is 1. The van der Waals surface area contributed by atoms with Crippen molar-refractivity contribution in [3.63, 3.8) is 0 Å². The Morgan fingerprint density at radius 2 is 2.10 bits per heavy atom. The molecular weight excluding hydrogens is 329 g/mol. The summed E-state index contributed by atoms with van der Waals surface area (Å²) in [6.07, 6.45) is 1.79. The van der Waals surface area contributed by atoms with Crippen molar-refractivity contribution < 1.29 is 4.74 Å². The third-order valence-electron chi connectivity index (χ3n) is 3.29. The van der Waals surface area contributed by atoms with E-state index in [0.717, 1.165) is 47.6 Å². The zero-order chi connectivity index (χ0) is 14.7. The second kappa shape index (κ2) is 6.83. The van der Waals surface area contributed by atoms with Gasteiger partial charge in [-0.1, -0.05) is 23.2 Å². The number of hydrogen-bond acceptors (Lipinski definition) is 5. The molecule has 2 heterocycles. The fourth-order valence-corrected chi connectivity index (χ4v) is 3.37. The number of nitrogens with one attached hydrogen (secondary N) is 1. The standard InChI is InChI=1S/C14H15Cl2N3OS/c15-10-1-2-13(19-3-5-20-6-4-19)12(7-10)17-8-11-9-18-14(16)21-11/h1-2,7,9,17H,3-6,8H2. The van der Waals surface area contributed by atoms with Gasteiger partial charge >= 0.3 is 0 Å². The number of halogens is 2. The fourth-order valence-electron chi connectivity index (χ4n) is 2.28. The third kappa shape index (κ3) is 3.80. The molecule has 0 spiro atoms. The predicted molar refractivity (Wildman–Crippen MR) is 88.9 cm³/mol. The van der Waals surface area contributed by atoms with Crippen molar-refractivity contribution in [2.45, 2.75) is 6.54 Å². The molecule has 0 atom stereocenters. The summed E-state index contributed by atoms with van der Waals surface area (Å²) < 4.78 is 5.97. The van der Waals surface area contributed by atoms with Crippen molar-refractivity contribution in [2.24, 2.45) is 0 Å². The lowest BCUT2D eigenvalue weighted by molar-refractivity contribution is 0.123. The highest BCUT2D eigenvalue weighted by molar-refractivity contribution is 7.15. The first kappa shape index (κ1) is 14.9. The van der Waals surface area contributed by atoms with Crippen LogP contribution in [0, 0.1) is 0 Å². The van der Waals surface area contributed by atoms with Crippen molar-refractivity contribution in [3.8, 4) is 0 Å². The summed E-state index contributed by atoms with van der Waals surface area (Å²) in [5.74, 6) is 0. The zero-order valence-corrected chi connectivity index (χ0v) is 13.6. The number of aromatic nitrogens is 1. The number of ether oxygens (including phenoxy) is 1. The van der Waals surface area contributed by atoms with Crippen molar-refractivity contribution in [1.29, 1.82) is 0 Å². The molecule has 1 aromatic carbocycles. The van der Waals surface area contributed by atoms with Crippen LogP contribution in [-0.4, -0.2) is 31.3 Å². The lowest BCUT2D eigenvalue weighted by atomic mass is 10.2. The number of nitrogens with zero attached hydrogens (tertiary/aromatic N) is 2. The highest BCUT2D eigenvalue weighted by Gasteiger charge is 2.15. The number of anilines is 2. The topological polar surface area (TPSA) is 37.4 Å². The Morgan fingerprint density at radius 1 is 1.29 bits per heavy atom. The normalized spacial score (nSPS) is 15.2. The van der Waals surface area contributed by atoms with E-state index in [1.165, 1.54) is 11.3 Å². The summed E-state index contributed by atoms with van der Waals surface area (Å²) in [5.41, 5.74) is 2.17. The van der Waals surface area contributed by atoms with Crippen LogP contribution in [0.5, 0.6) is 0 Å². The number of benzene rings is 1. The SMILES string of the molecule is Clc1ccc(N2CCOCC2)c(NCc2cnc(Cl)s2)c1. The molecule has 4 nitrogen and oxygen atoms in total. The fraction of sp³-hybridized carbons (Fsp3) is 0.357. The predicted octanol–water partition coefficient (Wildman–Crippen LogP) is 3.90. The maximum absolute atomic E-state index is 6.13.